The van der Waals surface area contributed by atoms with Crippen LogP contribution in [0.5, 0.6) is 5.75 Å². The molecule has 0 bridgehead atoms. The number of methoxy groups -OCH3 is 1. The Balaban J connectivity index is 0.00000256. The molecule has 0 unspecified atom stereocenters. The summed E-state index contributed by atoms with van der Waals surface area (Å²) in [5.74, 6) is 1.93. The Hall–Kier alpha value is -2.84. The maximum absolute atomic E-state index is 7.71. The lowest BCUT2D eigenvalue weighted by atomic mass is 10.1. The van der Waals surface area contributed by atoms with Crippen molar-refractivity contribution in [2.24, 2.45) is 5.73 Å². The van der Waals surface area contributed by atoms with Crippen LogP contribution in [0.2, 0.25) is 0 Å². The van der Waals surface area contributed by atoms with E-state index in [0.717, 1.165) is 47.9 Å². The van der Waals surface area contributed by atoms with Crippen molar-refractivity contribution < 1.29 is 14.0 Å². The first-order valence-electron chi connectivity index (χ1n) is 9.76. The molecule has 30 heavy (non-hydrogen) atoms. The molecule has 160 valence electrons. The van der Waals surface area contributed by atoms with E-state index in [1.807, 2.05) is 36.4 Å². The third-order valence-corrected chi connectivity index (χ3v) is 5.12. The number of nitrogens with one attached hydrogen (secondary N) is 1. The van der Waals surface area contributed by atoms with Crippen molar-refractivity contribution in [1.82, 2.24) is 15.0 Å². The van der Waals surface area contributed by atoms with Crippen molar-refractivity contribution in [2.75, 3.05) is 26.9 Å². The van der Waals surface area contributed by atoms with Gasteiger partial charge < -0.3 is 24.6 Å². The highest BCUT2D eigenvalue weighted by Gasteiger charge is 2.31. The van der Waals surface area contributed by atoms with E-state index in [2.05, 4.69) is 10.1 Å². The van der Waals surface area contributed by atoms with Crippen LogP contribution in [-0.2, 0) is 4.74 Å². The Morgan fingerprint density at radius 3 is 2.83 bits per heavy atom. The van der Waals surface area contributed by atoms with Gasteiger partial charge in [-0.15, -0.1) is 12.4 Å². The topological polar surface area (TPSA) is 110 Å². The van der Waals surface area contributed by atoms with Gasteiger partial charge in [-0.3, -0.25) is 5.41 Å². The van der Waals surface area contributed by atoms with Crippen molar-refractivity contribution in [3.8, 4) is 17.1 Å². The van der Waals surface area contributed by atoms with Crippen molar-refractivity contribution in [2.45, 2.75) is 25.3 Å². The number of hydrogen-bond acceptors (Lipinski definition) is 6. The first-order valence-corrected chi connectivity index (χ1v) is 9.76. The van der Waals surface area contributed by atoms with E-state index < -0.39 is 0 Å². The van der Waals surface area contributed by atoms with Crippen LogP contribution in [0.15, 0.2) is 40.9 Å². The number of ether oxygens (including phenoxy) is 2. The molecule has 0 spiro atoms. The zero-order valence-corrected chi connectivity index (χ0v) is 17.7. The molecule has 1 saturated heterocycles. The number of nitrogens with two attached hydrogens (primary N) is 1. The van der Waals surface area contributed by atoms with E-state index in [1.54, 1.807) is 12.0 Å². The van der Waals surface area contributed by atoms with Gasteiger partial charge in [-0.1, -0.05) is 23.4 Å². The number of nitrogens with zero attached hydrogens (tertiary/aromatic N) is 3. The van der Waals surface area contributed by atoms with Crippen molar-refractivity contribution in [3.63, 3.8) is 0 Å². The quantitative estimate of drug-likeness (QED) is 0.333. The predicted molar refractivity (Wildman–Crippen MR) is 117 cm³/mol. The highest BCUT2D eigenvalue weighted by Crippen LogP contribution is 2.32. The zero-order valence-electron chi connectivity index (χ0n) is 16.8. The smallest absolute Gasteiger partial charge is 0.249 e. The fraction of sp³-hybridized carbons (Fsp3) is 0.381. The van der Waals surface area contributed by atoms with E-state index >= 15 is 0 Å². The number of halogens is 1. The molecule has 9 heteroatoms. The zero-order chi connectivity index (χ0) is 20.2. The van der Waals surface area contributed by atoms with Crippen LogP contribution < -0.4 is 10.5 Å². The summed E-state index contributed by atoms with van der Waals surface area (Å²) in [6.45, 7) is 2.06. The molecule has 8 nitrogen and oxygen atoms in total. The second-order valence-corrected chi connectivity index (χ2v) is 7.11. The van der Waals surface area contributed by atoms with Gasteiger partial charge >= 0.3 is 0 Å². The van der Waals surface area contributed by atoms with E-state index in [0.29, 0.717) is 24.9 Å². The average molecular weight is 432 g/mol. The Kier molecular flexibility index (Phi) is 7.12. The van der Waals surface area contributed by atoms with Crippen LogP contribution in [-0.4, -0.2) is 47.9 Å². The van der Waals surface area contributed by atoms with Gasteiger partial charge in [-0.05, 0) is 41.8 Å². The van der Waals surface area contributed by atoms with Gasteiger partial charge in [-0.25, -0.2) is 0 Å². The third kappa shape index (κ3) is 4.66. The fourth-order valence-corrected chi connectivity index (χ4v) is 3.65. The van der Waals surface area contributed by atoms with Gasteiger partial charge in [0, 0.05) is 32.2 Å². The standard InChI is InChI=1S/C21H25N5O3.ClH/c1-27-10-3-11-28-17-8-7-14-12-16(6-5-15(14)13-17)19-24-20(29-25-19)18-4-2-9-26(18)21(22)23;/h5-8,12-13,18H,2-4,9-11H2,1H3,(H3,22,23);1H/t18-;/m0./s1. The molecular weight excluding hydrogens is 406 g/mol. The van der Waals surface area contributed by atoms with Gasteiger partial charge in [0.2, 0.25) is 11.7 Å². The number of aromatic nitrogens is 2. The molecule has 1 atom stereocenters. The lowest BCUT2D eigenvalue weighted by Gasteiger charge is -2.21. The van der Waals surface area contributed by atoms with Crippen molar-refractivity contribution in [1.29, 1.82) is 5.41 Å². The van der Waals surface area contributed by atoms with Crippen LogP contribution in [0.4, 0.5) is 0 Å². The second kappa shape index (κ2) is 9.77. The molecule has 2 aromatic carbocycles. The highest BCUT2D eigenvalue weighted by atomic mass is 35.5. The summed E-state index contributed by atoms with van der Waals surface area (Å²) in [5, 5.41) is 14.0. The normalized spacial score (nSPS) is 15.9. The highest BCUT2D eigenvalue weighted by molar-refractivity contribution is 5.87. The Labute approximate surface area is 181 Å². The summed E-state index contributed by atoms with van der Waals surface area (Å²) in [6, 6.07) is 11.9. The fourth-order valence-electron chi connectivity index (χ4n) is 3.65. The third-order valence-electron chi connectivity index (χ3n) is 5.12. The van der Waals surface area contributed by atoms with Gasteiger partial charge in [0.05, 0.1) is 6.61 Å². The maximum atomic E-state index is 7.71. The minimum absolute atomic E-state index is 0. The Bertz CT molecular complexity index is 1010. The first kappa shape index (κ1) is 21.9. The maximum Gasteiger partial charge on any atom is 0.249 e. The van der Waals surface area contributed by atoms with E-state index in [-0.39, 0.29) is 24.4 Å². The molecular formula is C21H26ClN5O3. The monoisotopic (exact) mass is 431 g/mol. The summed E-state index contributed by atoms with van der Waals surface area (Å²) >= 11 is 0. The lowest BCUT2D eigenvalue weighted by Crippen LogP contribution is -2.35. The molecule has 4 rings (SSSR count). The first-order chi connectivity index (χ1) is 14.2. The number of benzene rings is 2. The van der Waals surface area contributed by atoms with Gasteiger partial charge in [0.15, 0.2) is 5.96 Å². The Morgan fingerprint density at radius 1 is 1.23 bits per heavy atom. The molecule has 0 amide bonds. The van der Waals surface area contributed by atoms with Crippen molar-refractivity contribution >= 4 is 29.1 Å². The van der Waals surface area contributed by atoms with E-state index in [9.17, 15) is 0 Å². The minimum Gasteiger partial charge on any atom is -0.493 e. The van der Waals surface area contributed by atoms with Crippen LogP contribution in [0, 0.1) is 5.41 Å². The van der Waals surface area contributed by atoms with E-state index in [1.165, 1.54) is 0 Å². The molecule has 1 fully saturated rings. The summed E-state index contributed by atoms with van der Waals surface area (Å²) in [7, 11) is 1.69. The van der Waals surface area contributed by atoms with Gasteiger partial charge in [0.25, 0.3) is 0 Å². The van der Waals surface area contributed by atoms with Crippen LogP contribution in [0.1, 0.15) is 31.2 Å². The molecule has 0 aliphatic carbocycles. The molecule has 2 heterocycles. The lowest BCUT2D eigenvalue weighted by molar-refractivity contribution is 0.172. The molecule has 1 aliphatic rings. The van der Waals surface area contributed by atoms with Gasteiger partial charge in [0.1, 0.15) is 11.8 Å². The number of hydrogen-bond donors (Lipinski definition) is 2. The molecule has 3 aromatic rings. The number of fused-ring (bicyclic) bond motifs is 1. The second-order valence-electron chi connectivity index (χ2n) is 7.11. The van der Waals surface area contributed by atoms with Crippen molar-refractivity contribution in [3.05, 3.63) is 42.3 Å². The summed E-state index contributed by atoms with van der Waals surface area (Å²) in [5.41, 5.74) is 6.55. The number of rotatable bonds is 7. The number of guanidine groups is 1. The molecule has 1 aromatic heterocycles. The molecule has 3 N–H and O–H groups in total. The van der Waals surface area contributed by atoms with Crippen LogP contribution in [0.3, 0.4) is 0 Å². The van der Waals surface area contributed by atoms with Gasteiger partial charge in [-0.2, -0.15) is 4.98 Å². The van der Waals surface area contributed by atoms with E-state index in [4.69, 9.17) is 25.1 Å². The SMILES string of the molecule is COCCCOc1ccc2cc(-c3noc([C@@H]4CCCN4C(=N)N)n3)ccc2c1.Cl. The summed E-state index contributed by atoms with van der Waals surface area (Å²) in [6.07, 6.45) is 2.66. The largest absolute Gasteiger partial charge is 0.493 e. The van der Waals surface area contributed by atoms with Crippen LogP contribution >= 0.6 is 12.4 Å². The minimum atomic E-state index is -0.118. The molecule has 0 radical (unpaired) electrons. The summed E-state index contributed by atoms with van der Waals surface area (Å²) < 4.78 is 16.3. The predicted octanol–water partition coefficient (Wildman–Crippen LogP) is 3.76. The Morgan fingerprint density at radius 2 is 2.03 bits per heavy atom. The molecule has 1 aliphatic heterocycles. The van der Waals surface area contributed by atoms with Crippen LogP contribution in [0.25, 0.3) is 22.2 Å². The number of likely N-dealkylation sites (tertiary alicyclic amines) is 1. The average Bonchev–Trinajstić information content (AvgIpc) is 3.40. The molecule has 0 saturated carbocycles. The summed E-state index contributed by atoms with van der Waals surface area (Å²) in [4.78, 5) is 6.37.